The third kappa shape index (κ3) is 3.64. The Hall–Kier alpha value is -3.11. The zero-order valence-corrected chi connectivity index (χ0v) is 15.5. The van der Waals surface area contributed by atoms with E-state index in [1.54, 1.807) is 5.01 Å². The Bertz CT molecular complexity index is 922. The molecule has 1 saturated heterocycles. The predicted octanol–water partition coefficient (Wildman–Crippen LogP) is 2.79. The third-order valence-electron chi connectivity index (χ3n) is 4.87. The Morgan fingerprint density at radius 1 is 1.21 bits per heavy atom. The van der Waals surface area contributed by atoms with Crippen LogP contribution in [0.2, 0.25) is 0 Å². The largest absolute Gasteiger partial charge is 0.442 e. The van der Waals surface area contributed by atoms with Gasteiger partial charge >= 0.3 is 6.09 Å². The molecule has 0 bridgehead atoms. The molecule has 0 radical (unpaired) electrons. The Kier molecular flexibility index (Phi) is 4.89. The normalized spacial score (nSPS) is 24.1. The van der Waals surface area contributed by atoms with Crippen LogP contribution in [-0.2, 0) is 9.53 Å². The van der Waals surface area contributed by atoms with Crippen LogP contribution in [0.1, 0.15) is 13.3 Å². The highest BCUT2D eigenvalue weighted by atomic mass is 19.2. The third-order valence-corrected chi connectivity index (χ3v) is 4.87. The van der Waals surface area contributed by atoms with Gasteiger partial charge in [-0.15, -0.1) is 0 Å². The van der Waals surface area contributed by atoms with E-state index in [2.05, 4.69) is 10.3 Å². The lowest BCUT2D eigenvalue weighted by Gasteiger charge is -2.25. The van der Waals surface area contributed by atoms with Crippen LogP contribution < -0.4 is 9.80 Å². The van der Waals surface area contributed by atoms with Crippen molar-refractivity contribution in [1.29, 1.82) is 0 Å². The summed E-state index contributed by atoms with van der Waals surface area (Å²) >= 11 is 0. The number of halogens is 3. The minimum absolute atomic E-state index is 0.0236. The van der Waals surface area contributed by atoms with Crippen molar-refractivity contribution in [1.82, 2.24) is 5.01 Å². The summed E-state index contributed by atoms with van der Waals surface area (Å²) in [7, 11) is 0. The Morgan fingerprint density at radius 3 is 2.66 bits per heavy atom. The van der Waals surface area contributed by atoms with Crippen molar-refractivity contribution in [2.24, 2.45) is 10.3 Å². The van der Waals surface area contributed by atoms with E-state index in [-0.39, 0.29) is 37.9 Å². The summed E-state index contributed by atoms with van der Waals surface area (Å²) in [6.07, 6.45) is 0.901. The van der Waals surface area contributed by atoms with Gasteiger partial charge in [0.05, 0.1) is 31.4 Å². The molecule has 4 rings (SSSR count). The number of anilines is 2. The average molecular weight is 409 g/mol. The number of carbonyl (C=O) groups is 2. The summed E-state index contributed by atoms with van der Waals surface area (Å²) in [5.41, 5.74) is -1.14. The minimum atomic E-state index is -1.43. The molecular formula is C18H18F3N5O3. The zero-order valence-electron chi connectivity index (χ0n) is 15.5. The van der Waals surface area contributed by atoms with Crippen LogP contribution in [0.3, 0.4) is 0 Å². The number of ether oxygens (including phenoxy) is 1. The fourth-order valence-electron chi connectivity index (χ4n) is 3.48. The second-order valence-corrected chi connectivity index (χ2v) is 7.12. The van der Waals surface area contributed by atoms with Gasteiger partial charge in [0.1, 0.15) is 11.8 Å². The highest BCUT2D eigenvalue weighted by Crippen LogP contribution is 2.35. The maximum atomic E-state index is 14.7. The van der Waals surface area contributed by atoms with Crippen molar-refractivity contribution in [3.8, 4) is 0 Å². The quantitative estimate of drug-likeness (QED) is 0.715. The highest BCUT2D eigenvalue weighted by Gasteiger charge is 2.37. The molecule has 3 aliphatic rings. The van der Waals surface area contributed by atoms with E-state index in [4.69, 9.17) is 4.74 Å². The van der Waals surface area contributed by atoms with Gasteiger partial charge in [-0.1, -0.05) is 5.22 Å². The second-order valence-electron chi connectivity index (χ2n) is 7.12. The van der Waals surface area contributed by atoms with Gasteiger partial charge in [0, 0.05) is 25.2 Å². The molecule has 8 nitrogen and oxygen atoms in total. The van der Waals surface area contributed by atoms with Gasteiger partial charge in [-0.2, -0.15) is 5.11 Å². The van der Waals surface area contributed by atoms with E-state index in [1.165, 1.54) is 12.3 Å². The van der Waals surface area contributed by atoms with E-state index in [9.17, 15) is 22.8 Å². The molecule has 0 aromatic heterocycles. The highest BCUT2D eigenvalue weighted by molar-refractivity contribution is 5.92. The van der Waals surface area contributed by atoms with E-state index in [0.717, 1.165) is 15.9 Å². The molecule has 1 fully saturated rings. The van der Waals surface area contributed by atoms with Crippen molar-refractivity contribution < 1.29 is 27.5 Å². The smallest absolute Gasteiger partial charge is 0.414 e. The fraction of sp³-hybridized carbons (Fsp3) is 0.444. The summed E-state index contributed by atoms with van der Waals surface area (Å²) in [5, 5.41) is 9.52. The second kappa shape index (κ2) is 7.37. The van der Waals surface area contributed by atoms with Crippen LogP contribution in [0.15, 0.2) is 28.7 Å². The van der Waals surface area contributed by atoms with Crippen molar-refractivity contribution >= 4 is 23.3 Å². The van der Waals surface area contributed by atoms with Crippen LogP contribution in [0.4, 0.5) is 29.3 Å². The lowest BCUT2D eigenvalue weighted by molar-refractivity contribution is -0.114. The minimum Gasteiger partial charge on any atom is -0.442 e. The molecule has 154 valence electrons. The van der Waals surface area contributed by atoms with Crippen molar-refractivity contribution in [3.63, 3.8) is 0 Å². The molecule has 1 aromatic carbocycles. The summed E-state index contributed by atoms with van der Waals surface area (Å²) in [6, 6.07) is 0.787. The Morgan fingerprint density at radius 2 is 2.00 bits per heavy atom. The van der Waals surface area contributed by atoms with E-state index < -0.39 is 41.0 Å². The summed E-state index contributed by atoms with van der Waals surface area (Å²) in [4.78, 5) is 25.4. The predicted molar refractivity (Wildman–Crippen MR) is 95.9 cm³/mol. The van der Waals surface area contributed by atoms with Gasteiger partial charge < -0.3 is 9.64 Å². The van der Waals surface area contributed by atoms with Crippen molar-refractivity contribution in [2.75, 3.05) is 36.0 Å². The molecule has 0 spiro atoms. The number of hydrogen-bond donors (Lipinski definition) is 0. The van der Waals surface area contributed by atoms with Crippen molar-refractivity contribution in [2.45, 2.75) is 25.5 Å². The number of hydrogen-bond acceptors (Lipinski definition) is 7. The summed E-state index contributed by atoms with van der Waals surface area (Å²) < 4.78 is 49.2. The number of benzene rings is 1. The molecule has 1 aromatic rings. The fourth-order valence-corrected chi connectivity index (χ4v) is 3.48. The van der Waals surface area contributed by atoms with Crippen LogP contribution in [-0.4, -0.2) is 55.2 Å². The molecule has 29 heavy (non-hydrogen) atoms. The van der Waals surface area contributed by atoms with E-state index in [0.29, 0.717) is 6.54 Å². The first-order chi connectivity index (χ1) is 13.8. The first-order valence-corrected chi connectivity index (χ1v) is 9.12. The average Bonchev–Trinajstić information content (AvgIpc) is 3.25. The molecule has 1 amide bonds. The van der Waals surface area contributed by atoms with Gasteiger partial charge in [-0.25, -0.2) is 18.0 Å². The zero-order chi connectivity index (χ0) is 20.7. The molecule has 11 heteroatoms. The summed E-state index contributed by atoms with van der Waals surface area (Å²) in [5.74, 6) is -4.02. The first-order valence-electron chi connectivity index (χ1n) is 9.12. The number of nitrogens with zero attached hydrogens (tertiary/aromatic N) is 5. The van der Waals surface area contributed by atoms with Crippen LogP contribution in [0.25, 0.3) is 0 Å². The standard InChI is InChI=1S/C18H18F3N5O3/c1-10-7-25(23-22-10)8-12-9-26(18(28)29-12)14-6-13(19)17(16(21)15(14)20)24-4-2-11(27)3-5-24/h2,4,6,10,12H,3,5,7-9H2,1H3/t10?,12-/m0/s1. The molecule has 0 saturated carbocycles. The molecule has 3 heterocycles. The lowest BCUT2D eigenvalue weighted by Crippen LogP contribution is -2.33. The number of ketones is 1. The van der Waals surface area contributed by atoms with Gasteiger partial charge in [-0.3, -0.25) is 14.7 Å². The number of rotatable bonds is 4. The Labute approximate surface area is 164 Å². The van der Waals surface area contributed by atoms with Crippen LogP contribution in [0, 0.1) is 17.5 Å². The van der Waals surface area contributed by atoms with Gasteiger partial charge in [0.15, 0.2) is 23.2 Å². The first kappa shape index (κ1) is 19.2. The topological polar surface area (TPSA) is 77.8 Å². The number of cyclic esters (lactones) is 1. The molecule has 3 aliphatic heterocycles. The monoisotopic (exact) mass is 409 g/mol. The molecule has 0 N–H and O–H groups in total. The van der Waals surface area contributed by atoms with E-state index in [1.807, 2.05) is 6.92 Å². The van der Waals surface area contributed by atoms with Crippen LogP contribution in [0.5, 0.6) is 0 Å². The number of allylic oxidation sites excluding steroid dienone is 1. The summed E-state index contributed by atoms with van der Waals surface area (Å²) in [6.45, 7) is 2.64. The molecular weight excluding hydrogens is 391 g/mol. The number of amides is 1. The van der Waals surface area contributed by atoms with Gasteiger partial charge in [-0.05, 0) is 13.0 Å². The van der Waals surface area contributed by atoms with Crippen LogP contribution >= 0.6 is 0 Å². The molecule has 0 aliphatic carbocycles. The van der Waals surface area contributed by atoms with E-state index >= 15 is 0 Å². The molecule has 1 unspecified atom stereocenters. The number of carbonyl (C=O) groups excluding carboxylic acids is 2. The van der Waals surface area contributed by atoms with Gasteiger partial charge in [0.2, 0.25) is 0 Å². The van der Waals surface area contributed by atoms with Crippen molar-refractivity contribution in [3.05, 3.63) is 35.8 Å². The van der Waals surface area contributed by atoms with Gasteiger partial charge in [0.25, 0.3) is 0 Å². The Balaban J connectivity index is 1.56. The lowest BCUT2D eigenvalue weighted by atomic mass is 10.1. The maximum Gasteiger partial charge on any atom is 0.414 e. The SMILES string of the molecule is CC1CN(C[C@H]2CN(c3cc(F)c(N4C=CC(=O)CC4)c(F)c3F)C(=O)O2)N=N1. The maximum absolute atomic E-state index is 14.7. The molecule has 2 atom stereocenters.